The molecule has 17 heavy (non-hydrogen) atoms. The first-order valence-corrected chi connectivity index (χ1v) is 6.60. The molecule has 96 valence electrons. The number of benzene rings is 1. The van der Waals surface area contributed by atoms with Crippen LogP contribution in [0.3, 0.4) is 0 Å². The van der Waals surface area contributed by atoms with Gasteiger partial charge < -0.3 is 10.1 Å². The van der Waals surface area contributed by atoms with Crippen molar-refractivity contribution in [3.05, 3.63) is 33.8 Å². The van der Waals surface area contributed by atoms with Gasteiger partial charge in [0.1, 0.15) is 0 Å². The Morgan fingerprint density at radius 3 is 2.71 bits per heavy atom. The molecule has 0 aliphatic heterocycles. The van der Waals surface area contributed by atoms with Gasteiger partial charge in [0.2, 0.25) is 0 Å². The number of methoxy groups -OCH3 is 1. The summed E-state index contributed by atoms with van der Waals surface area (Å²) in [6, 6.07) is 5.62. The molecule has 1 aromatic carbocycles. The summed E-state index contributed by atoms with van der Waals surface area (Å²) in [5, 5.41) is 4.52. The summed E-state index contributed by atoms with van der Waals surface area (Å²) < 4.78 is 4.96. The maximum atomic E-state index is 6.01. The highest BCUT2D eigenvalue weighted by Gasteiger charge is 2.03. The first-order chi connectivity index (χ1) is 8.13. The van der Waals surface area contributed by atoms with E-state index in [0.29, 0.717) is 16.7 Å². The van der Waals surface area contributed by atoms with Crippen LogP contribution in [0.1, 0.15) is 12.0 Å². The summed E-state index contributed by atoms with van der Waals surface area (Å²) in [6.07, 6.45) is 0.872. The lowest BCUT2D eigenvalue weighted by Gasteiger charge is -2.09. The molecule has 1 unspecified atom stereocenters. The minimum Gasteiger partial charge on any atom is -0.383 e. The molecule has 1 N–H and O–H groups in total. The molecule has 0 bridgehead atoms. The predicted octanol–water partition coefficient (Wildman–Crippen LogP) is 3.73. The molecule has 0 radical (unpaired) electrons. The Balaban J connectivity index is 2.24. The molecule has 0 aromatic heterocycles. The van der Waals surface area contributed by atoms with Crippen LogP contribution < -0.4 is 5.32 Å². The average molecular weight is 297 g/mol. The third kappa shape index (κ3) is 5.94. The number of hydrogen-bond acceptors (Lipinski definition) is 2. The number of halogens is 3. The predicted molar refractivity (Wildman–Crippen MR) is 74.3 cm³/mol. The van der Waals surface area contributed by atoms with Crippen molar-refractivity contribution in [2.75, 3.05) is 20.3 Å². The van der Waals surface area contributed by atoms with Crippen LogP contribution in [-0.2, 0) is 11.3 Å². The highest BCUT2D eigenvalue weighted by Crippen LogP contribution is 2.22. The third-order valence-corrected chi connectivity index (χ3v) is 3.38. The highest BCUT2D eigenvalue weighted by atomic mass is 35.5. The molecule has 0 amide bonds. The van der Waals surface area contributed by atoms with Gasteiger partial charge in [-0.05, 0) is 30.7 Å². The Bertz CT molecular complexity index is 347. The molecule has 1 atom stereocenters. The Kier molecular flexibility index (Phi) is 7.24. The summed E-state index contributed by atoms with van der Waals surface area (Å²) in [4.78, 5) is 0. The smallest absolute Gasteiger partial charge is 0.0626 e. The molecular weight excluding hydrogens is 280 g/mol. The molecule has 1 rings (SSSR count). The number of rotatable bonds is 7. The van der Waals surface area contributed by atoms with Crippen LogP contribution >= 0.6 is 34.8 Å². The van der Waals surface area contributed by atoms with Crippen LogP contribution in [0.15, 0.2) is 18.2 Å². The molecule has 0 aliphatic rings. The fraction of sp³-hybridized carbons (Fsp3) is 0.500. The topological polar surface area (TPSA) is 21.3 Å². The van der Waals surface area contributed by atoms with E-state index in [4.69, 9.17) is 39.5 Å². The largest absolute Gasteiger partial charge is 0.383 e. The average Bonchev–Trinajstić information content (AvgIpc) is 2.29. The number of nitrogens with one attached hydrogen (secondary N) is 1. The van der Waals surface area contributed by atoms with Crippen LogP contribution in [0, 0.1) is 0 Å². The summed E-state index contributed by atoms with van der Waals surface area (Å²) in [5.41, 5.74) is 1.11. The lowest BCUT2D eigenvalue weighted by Crippen LogP contribution is -2.20. The Morgan fingerprint density at radius 2 is 2.06 bits per heavy atom. The van der Waals surface area contributed by atoms with Crippen LogP contribution in [0.4, 0.5) is 0 Å². The van der Waals surface area contributed by atoms with Gasteiger partial charge >= 0.3 is 0 Å². The normalized spacial score (nSPS) is 12.7. The van der Waals surface area contributed by atoms with Gasteiger partial charge in [0, 0.05) is 13.7 Å². The molecule has 0 heterocycles. The Morgan fingerprint density at radius 1 is 1.29 bits per heavy atom. The lowest BCUT2D eigenvalue weighted by atomic mass is 10.2. The van der Waals surface area contributed by atoms with E-state index >= 15 is 0 Å². The van der Waals surface area contributed by atoms with Crippen molar-refractivity contribution in [3.8, 4) is 0 Å². The van der Waals surface area contributed by atoms with Gasteiger partial charge in [-0.25, -0.2) is 0 Å². The number of hydrogen-bond donors (Lipinski definition) is 1. The second-order valence-corrected chi connectivity index (χ2v) is 5.20. The Labute approximate surface area is 117 Å². The summed E-state index contributed by atoms with van der Waals surface area (Å²) in [5.74, 6) is 0. The Hall–Kier alpha value is 0.01000. The van der Waals surface area contributed by atoms with E-state index in [-0.39, 0.29) is 5.38 Å². The molecular formula is C12H16Cl3NO. The van der Waals surface area contributed by atoms with Crippen molar-refractivity contribution < 1.29 is 4.74 Å². The van der Waals surface area contributed by atoms with E-state index in [0.717, 1.165) is 25.1 Å². The zero-order chi connectivity index (χ0) is 12.7. The van der Waals surface area contributed by atoms with Gasteiger partial charge in [-0.1, -0.05) is 29.3 Å². The first-order valence-electron chi connectivity index (χ1n) is 5.41. The SMILES string of the molecule is COCC(Cl)CCNCc1ccc(Cl)c(Cl)c1. The highest BCUT2D eigenvalue weighted by molar-refractivity contribution is 6.42. The van der Waals surface area contributed by atoms with Crippen molar-refractivity contribution in [2.45, 2.75) is 18.3 Å². The second kappa shape index (κ2) is 8.17. The summed E-state index contributed by atoms with van der Waals surface area (Å²) >= 11 is 17.8. The fourth-order valence-electron chi connectivity index (χ4n) is 1.41. The van der Waals surface area contributed by atoms with E-state index in [1.807, 2.05) is 12.1 Å². The molecule has 0 saturated carbocycles. The minimum atomic E-state index is 0.0568. The zero-order valence-corrected chi connectivity index (χ0v) is 11.9. The fourth-order valence-corrected chi connectivity index (χ4v) is 1.96. The van der Waals surface area contributed by atoms with E-state index in [1.165, 1.54) is 0 Å². The minimum absolute atomic E-state index is 0.0568. The van der Waals surface area contributed by atoms with Gasteiger partial charge in [-0.15, -0.1) is 11.6 Å². The van der Waals surface area contributed by atoms with Gasteiger partial charge in [0.15, 0.2) is 0 Å². The van der Waals surface area contributed by atoms with Crippen LogP contribution in [0.5, 0.6) is 0 Å². The maximum Gasteiger partial charge on any atom is 0.0626 e. The van der Waals surface area contributed by atoms with Crippen molar-refractivity contribution in [2.24, 2.45) is 0 Å². The number of alkyl halides is 1. The van der Waals surface area contributed by atoms with Crippen molar-refractivity contribution >= 4 is 34.8 Å². The lowest BCUT2D eigenvalue weighted by molar-refractivity contribution is 0.195. The molecule has 0 spiro atoms. The van der Waals surface area contributed by atoms with Gasteiger partial charge in [0.05, 0.1) is 22.0 Å². The number of ether oxygens (including phenoxy) is 1. The van der Waals surface area contributed by atoms with Crippen LogP contribution in [-0.4, -0.2) is 25.6 Å². The van der Waals surface area contributed by atoms with E-state index in [1.54, 1.807) is 13.2 Å². The monoisotopic (exact) mass is 295 g/mol. The molecule has 1 aromatic rings. The quantitative estimate of drug-likeness (QED) is 0.611. The molecule has 0 fully saturated rings. The molecule has 0 saturated heterocycles. The molecule has 2 nitrogen and oxygen atoms in total. The first kappa shape index (κ1) is 15.1. The van der Waals surface area contributed by atoms with Crippen molar-refractivity contribution in [3.63, 3.8) is 0 Å². The van der Waals surface area contributed by atoms with Gasteiger partial charge in [0.25, 0.3) is 0 Å². The molecule has 0 aliphatic carbocycles. The summed E-state index contributed by atoms with van der Waals surface area (Å²) in [6.45, 7) is 2.18. The zero-order valence-electron chi connectivity index (χ0n) is 9.68. The van der Waals surface area contributed by atoms with Crippen LogP contribution in [0.2, 0.25) is 10.0 Å². The van der Waals surface area contributed by atoms with E-state index < -0.39 is 0 Å². The van der Waals surface area contributed by atoms with Crippen LogP contribution in [0.25, 0.3) is 0 Å². The van der Waals surface area contributed by atoms with E-state index in [9.17, 15) is 0 Å². The third-order valence-electron chi connectivity index (χ3n) is 2.29. The van der Waals surface area contributed by atoms with Gasteiger partial charge in [-0.2, -0.15) is 0 Å². The maximum absolute atomic E-state index is 6.01. The standard InChI is InChI=1S/C12H16Cl3NO/c1-17-8-10(13)4-5-16-7-9-2-3-11(14)12(15)6-9/h2-3,6,10,16H,4-5,7-8H2,1H3. The van der Waals surface area contributed by atoms with Crippen molar-refractivity contribution in [1.29, 1.82) is 0 Å². The second-order valence-electron chi connectivity index (χ2n) is 3.77. The van der Waals surface area contributed by atoms with Crippen molar-refractivity contribution in [1.82, 2.24) is 5.32 Å². The molecule has 5 heteroatoms. The van der Waals surface area contributed by atoms with E-state index in [2.05, 4.69) is 5.32 Å². The summed E-state index contributed by atoms with van der Waals surface area (Å²) in [7, 11) is 1.65. The van der Waals surface area contributed by atoms with Gasteiger partial charge in [-0.3, -0.25) is 0 Å².